The predicted molar refractivity (Wildman–Crippen MR) is 61.0 cm³/mol. The van der Waals surface area contributed by atoms with Crippen LogP contribution in [0.25, 0.3) is 0 Å². The van der Waals surface area contributed by atoms with Crippen LogP contribution in [0.1, 0.15) is 31.3 Å². The second-order valence-corrected chi connectivity index (χ2v) is 4.01. The number of carbonyl (C=O) groups is 1. The topological polar surface area (TPSA) is 35.1 Å². The van der Waals surface area contributed by atoms with E-state index in [1.54, 1.807) is 0 Å². The third kappa shape index (κ3) is 2.84. The molecule has 1 aromatic rings. The fourth-order valence-electron chi connectivity index (χ4n) is 1.85. The molecule has 0 fully saturated rings. The Labute approximate surface area is 96.8 Å². The number of aryl methyl sites for hydroxylation is 2. The molecule has 4 nitrogen and oxygen atoms in total. The van der Waals surface area contributed by atoms with Crippen LogP contribution < -0.4 is 4.57 Å². The van der Waals surface area contributed by atoms with Crippen molar-refractivity contribution in [1.82, 2.24) is 4.57 Å². The quantitative estimate of drug-likeness (QED) is 0.556. The lowest BCUT2D eigenvalue weighted by Crippen LogP contribution is -2.29. The molecule has 0 saturated carbocycles. The number of esters is 1. The van der Waals surface area contributed by atoms with Gasteiger partial charge in [-0.05, 0) is 6.42 Å². The molecule has 0 atom stereocenters. The average molecular weight is 225 g/mol. The molecular formula is C12H21N2O2+. The predicted octanol–water partition coefficient (Wildman–Crippen LogP) is 1.14. The van der Waals surface area contributed by atoms with E-state index in [1.807, 2.05) is 7.05 Å². The maximum absolute atomic E-state index is 11.1. The van der Waals surface area contributed by atoms with Gasteiger partial charge in [-0.3, -0.25) is 4.79 Å². The maximum atomic E-state index is 11.1. The van der Waals surface area contributed by atoms with Crippen LogP contribution in [0.5, 0.6) is 0 Å². The summed E-state index contributed by atoms with van der Waals surface area (Å²) in [7, 11) is 3.46. The van der Waals surface area contributed by atoms with Gasteiger partial charge in [0, 0.05) is 13.3 Å². The Kier molecular flexibility index (Phi) is 4.52. The monoisotopic (exact) mass is 225 g/mol. The summed E-state index contributed by atoms with van der Waals surface area (Å²) in [6.45, 7) is 5.25. The molecule has 1 rings (SSSR count). The first-order chi connectivity index (χ1) is 7.60. The smallest absolute Gasteiger partial charge is 0.305 e. The Balaban J connectivity index is 2.78. The van der Waals surface area contributed by atoms with Crippen LogP contribution in [0.15, 0.2) is 6.20 Å². The number of rotatable bonds is 5. The van der Waals surface area contributed by atoms with Gasteiger partial charge in [-0.2, -0.15) is 0 Å². The Morgan fingerprint density at radius 1 is 1.56 bits per heavy atom. The van der Waals surface area contributed by atoms with E-state index >= 15 is 0 Å². The van der Waals surface area contributed by atoms with Gasteiger partial charge in [0.1, 0.15) is 11.9 Å². The van der Waals surface area contributed by atoms with Gasteiger partial charge >= 0.3 is 5.97 Å². The molecule has 1 heterocycles. The molecule has 0 unspecified atom stereocenters. The van der Waals surface area contributed by atoms with Crippen LogP contribution in [0.4, 0.5) is 0 Å². The summed E-state index contributed by atoms with van der Waals surface area (Å²) in [4.78, 5) is 11.1. The van der Waals surface area contributed by atoms with Crippen molar-refractivity contribution in [2.45, 2.75) is 39.7 Å². The SMILES string of the molecule is CCCn1c(CCC(=O)OC)c[n+](C)c1C. The number of ether oxygens (including phenoxy) is 1. The second kappa shape index (κ2) is 5.68. The van der Waals surface area contributed by atoms with Crippen LogP contribution in [0.2, 0.25) is 0 Å². The van der Waals surface area contributed by atoms with E-state index in [2.05, 4.69) is 33.9 Å². The lowest BCUT2D eigenvalue weighted by molar-refractivity contribution is -0.677. The van der Waals surface area contributed by atoms with Gasteiger partial charge in [0.2, 0.25) is 0 Å². The highest BCUT2D eigenvalue weighted by molar-refractivity contribution is 5.69. The third-order valence-corrected chi connectivity index (χ3v) is 2.85. The van der Waals surface area contributed by atoms with Crippen molar-refractivity contribution in [3.63, 3.8) is 0 Å². The van der Waals surface area contributed by atoms with E-state index in [9.17, 15) is 4.79 Å². The van der Waals surface area contributed by atoms with Gasteiger partial charge in [0.15, 0.2) is 0 Å². The van der Waals surface area contributed by atoms with Crippen LogP contribution >= 0.6 is 0 Å². The fourth-order valence-corrected chi connectivity index (χ4v) is 1.85. The fraction of sp³-hybridized carbons (Fsp3) is 0.667. The first-order valence-electron chi connectivity index (χ1n) is 5.71. The molecule has 90 valence electrons. The highest BCUT2D eigenvalue weighted by Crippen LogP contribution is 2.07. The molecule has 0 saturated heterocycles. The summed E-state index contributed by atoms with van der Waals surface area (Å²) in [5.74, 6) is 1.08. The first-order valence-corrected chi connectivity index (χ1v) is 5.71. The molecule has 0 spiro atoms. The summed E-state index contributed by atoms with van der Waals surface area (Å²) in [5.41, 5.74) is 1.20. The maximum Gasteiger partial charge on any atom is 0.305 e. The highest BCUT2D eigenvalue weighted by Gasteiger charge is 2.17. The zero-order chi connectivity index (χ0) is 12.1. The van der Waals surface area contributed by atoms with E-state index in [0.717, 1.165) is 19.4 Å². The van der Waals surface area contributed by atoms with E-state index in [-0.39, 0.29) is 5.97 Å². The molecule has 0 aliphatic rings. The average Bonchev–Trinajstić information content (AvgIpc) is 2.54. The normalized spacial score (nSPS) is 10.5. The van der Waals surface area contributed by atoms with E-state index in [1.165, 1.54) is 18.6 Å². The number of hydrogen-bond acceptors (Lipinski definition) is 2. The van der Waals surface area contributed by atoms with Gasteiger partial charge in [0.05, 0.1) is 27.1 Å². The van der Waals surface area contributed by atoms with Crippen molar-refractivity contribution >= 4 is 5.97 Å². The minimum absolute atomic E-state index is 0.149. The van der Waals surface area contributed by atoms with Crippen LogP contribution in [-0.4, -0.2) is 17.6 Å². The Morgan fingerprint density at radius 3 is 2.81 bits per heavy atom. The van der Waals surface area contributed by atoms with E-state index in [0.29, 0.717) is 6.42 Å². The van der Waals surface area contributed by atoms with Gasteiger partial charge < -0.3 is 4.74 Å². The van der Waals surface area contributed by atoms with E-state index in [4.69, 9.17) is 0 Å². The molecule has 1 aromatic heterocycles. The van der Waals surface area contributed by atoms with Crippen LogP contribution in [0.3, 0.4) is 0 Å². The Morgan fingerprint density at radius 2 is 2.25 bits per heavy atom. The molecule has 0 aliphatic heterocycles. The van der Waals surface area contributed by atoms with Crippen molar-refractivity contribution < 1.29 is 14.1 Å². The Hall–Kier alpha value is -1.32. The molecule has 0 radical (unpaired) electrons. The minimum Gasteiger partial charge on any atom is -0.469 e. The lowest BCUT2D eigenvalue weighted by Gasteiger charge is -2.01. The molecule has 4 heteroatoms. The summed E-state index contributed by atoms with van der Waals surface area (Å²) in [6, 6.07) is 0. The van der Waals surface area contributed by atoms with Gasteiger partial charge in [-0.15, -0.1) is 0 Å². The van der Waals surface area contributed by atoms with Crippen molar-refractivity contribution in [3.05, 3.63) is 17.7 Å². The Bertz CT molecular complexity index is 369. The molecule has 0 aromatic carbocycles. The van der Waals surface area contributed by atoms with Crippen LogP contribution in [0, 0.1) is 6.92 Å². The van der Waals surface area contributed by atoms with Gasteiger partial charge in [-0.1, -0.05) is 6.92 Å². The molecule has 0 N–H and O–H groups in total. The number of imidazole rings is 1. The van der Waals surface area contributed by atoms with Crippen molar-refractivity contribution in [2.24, 2.45) is 7.05 Å². The second-order valence-electron chi connectivity index (χ2n) is 4.01. The third-order valence-electron chi connectivity index (χ3n) is 2.85. The molecule has 16 heavy (non-hydrogen) atoms. The highest BCUT2D eigenvalue weighted by atomic mass is 16.5. The summed E-state index contributed by atoms with van der Waals surface area (Å²) in [6.07, 6.45) is 4.38. The summed E-state index contributed by atoms with van der Waals surface area (Å²) in [5, 5.41) is 0. The van der Waals surface area contributed by atoms with E-state index < -0.39 is 0 Å². The largest absolute Gasteiger partial charge is 0.469 e. The number of hydrogen-bond donors (Lipinski definition) is 0. The van der Waals surface area contributed by atoms with Crippen molar-refractivity contribution in [2.75, 3.05) is 7.11 Å². The zero-order valence-electron chi connectivity index (χ0n) is 10.6. The summed E-state index contributed by atoms with van der Waals surface area (Å²) < 4.78 is 9.02. The first kappa shape index (κ1) is 12.7. The number of nitrogens with zero attached hydrogens (tertiary/aromatic N) is 2. The zero-order valence-corrected chi connectivity index (χ0v) is 10.6. The standard InChI is InChI=1S/C12H21N2O2/c1-5-8-14-10(2)13(3)9-11(14)6-7-12(15)16-4/h9H,5-8H2,1-4H3/q+1. The number of carbonyl (C=O) groups excluding carboxylic acids is 1. The van der Waals surface area contributed by atoms with Gasteiger partial charge in [0.25, 0.3) is 5.82 Å². The summed E-state index contributed by atoms with van der Waals surface area (Å²) >= 11 is 0. The van der Waals surface area contributed by atoms with Crippen molar-refractivity contribution in [3.8, 4) is 0 Å². The van der Waals surface area contributed by atoms with Crippen LogP contribution in [-0.2, 0) is 29.5 Å². The molecule has 0 bridgehead atoms. The lowest BCUT2D eigenvalue weighted by atomic mass is 10.2. The minimum atomic E-state index is -0.149. The number of methoxy groups -OCH3 is 1. The number of aromatic nitrogens is 2. The molecule has 0 amide bonds. The van der Waals surface area contributed by atoms with Crippen molar-refractivity contribution in [1.29, 1.82) is 0 Å². The molecule has 0 aliphatic carbocycles. The van der Waals surface area contributed by atoms with Gasteiger partial charge in [-0.25, -0.2) is 9.13 Å². The molecular weight excluding hydrogens is 204 g/mol.